The molecule has 10 aromatic rings. The molecule has 0 saturated carbocycles. The molecule has 0 nitrogen and oxygen atoms in total. The van der Waals surface area contributed by atoms with Crippen molar-refractivity contribution in [2.24, 2.45) is 0 Å². The first-order valence-corrected chi connectivity index (χ1v) is 30.7. The molecule has 63 heavy (non-hydrogen) atoms. The fourth-order valence-corrected chi connectivity index (χ4v) is 18.3. The van der Waals surface area contributed by atoms with Gasteiger partial charge in [-0.3, -0.25) is 0 Å². The topological polar surface area (TPSA) is 0 Å². The molecular formula is C53H76S10. The van der Waals surface area contributed by atoms with Crippen molar-refractivity contribution in [2.75, 3.05) is 0 Å². The van der Waals surface area contributed by atoms with Crippen molar-refractivity contribution in [3.63, 3.8) is 0 Å². The molecule has 0 aliphatic rings. The maximum atomic E-state index is 2.29. The van der Waals surface area contributed by atoms with Crippen LogP contribution in [0.25, 0.3) is 47.0 Å². The normalized spacial score (nSPS) is 9.83. The fraction of sp³-hybridized carbons (Fsp3) is 0.434. The second-order valence-corrected chi connectivity index (χ2v) is 26.5. The maximum absolute atomic E-state index is 2.29. The van der Waals surface area contributed by atoms with E-state index >= 15 is 0 Å². The van der Waals surface area contributed by atoms with E-state index < -0.39 is 0 Å². The van der Waals surface area contributed by atoms with Gasteiger partial charge in [-0.2, -0.15) is 0 Å². The molecule has 348 valence electrons. The molecule has 0 aliphatic heterocycles. The van der Waals surface area contributed by atoms with E-state index in [9.17, 15) is 0 Å². The Hall–Kier alpha value is -1.70. The van der Waals surface area contributed by atoms with Crippen molar-refractivity contribution in [1.29, 1.82) is 0 Å². The number of fused-ring (bicyclic) bond motifs is 5. The van der Waals surface area contributed by atoms with Gasteiger partial charge in [0, 0.05) is 65.9 Å². The van der Waals surface area contributed by atoms with Crippen molar-refractivity contribution < 1.29 is 0 Å². The van der Waals surface area contributed by atoms with Crippen molar-refractivity contribution in [2.45, 2.75) is 159 Å². The van der Waals surface area contributed by atoms with E-state index in [1.807, 2.05) is 183 Å². The highest BCUT2D eigenvalue weighted by Crippen LogP contribution is 2.39. The van der Waals surface area contributed by atoms with Crippen molar-refractivity contribution in [1.82, 2.24) is 0 Å². The predicted molar refractivity (Wildman–Crippen MR) is 317 cm³/mol. The van der Waals surface area contributed by atoms with E-state index in [1.54, 1.807) is 0 Å². The van der Waals surface area contributed by atoms with E-state index in [2.05, 4.69) is 131 Å². The average Bonchev–Trinajstić information content (AvgIpc) is 4.19. The molecule has 0 bridgehead atoms. The van der Waals surface area contributed by atoms with Crippen LogP contribution in [0.15, 0.2) is 41.1 Å². The number of rotatable bonds is 0. The van der Waals surface area contributed by atoms with Gasteiger partial charge in [-0.05, 0) is 159 Å². The summed E-state index contributed by atoms with van der Waals surface area (Å²) in [5, 5.41) is 11.8. The number of thiophene rings is 10. The van der Waals surface area contributed by atoms with Gasteiger partial charge in [0.1, 0.15) is 0 Å². The van der Waals surface area contributed by atoms with Crippen molar-refractivity contribution in [3.05, 3.63) is 108 Å². The highest BCUT2D eigenvalue weighted by molar-refractivity contribution is 7.40. The molecule has 0 amide bonds. The second-order valence-electron chi connectivity index (χ2n) is 13.5. The summed E-state index contributed by atoms with van der Waals surface area (Å²) in [5.74, 6) is 0. The lowest BCUT2D eigenvalue weighted by atomic mass is 10.2. The second kappa shape index (κ2) is 29.8. The third kappa shape index (κ3) is 16.3. The van der Waals surface area contributed by atoms with Crippen molar-refractivity contribution in [3.8, 4) is 0 Å². The summed E-state index contributed by atoms with van der Waals surface area (Å²) in [7, 11) is 0. The summed E-state index contributed by atoms with van der Waals surface area (Å²) in [6, 6.07) is 11.4. The summed E-state index contributed by atoms with van der Waals surface area (Å²) in [4.78, 5) is 11.5. The Morgan fingerprint density at radius 1 is 0.286 bits per heavy atom. The van der Waals surface area contributed by atoms with E-state index in [0.29, 0.717) is 0 Å². The van der Waals surface area contributed by atoms with Crippen LogP contribution in [0.4, 0.5) is 0 Å². The quantitative estimate of drug-likeness (QED) is 0.142. The molecule has 0 aromatic carbocycles. The van der Waals surface area contributed by atoms with Crippen LogP contribution in [-0.2, 0) is 0 Å². The summed E-state index contributed by atoms with van der Waals surface area (Å²) in [6.07, 6.45) is 0. The first kappa shape index (κ1) is 59.3. The summed E-state index contributed by atoms with van der Waals surface area (Å²) < 4.78 is 7.39. The van der Waals surface area contributed by atoms with Gasteiger partial charge in [0.15, 0.2) is 0 Å². The first-order chi connectivity index (χ1) is 30.1. The monoisotopic (exact) mass is 1030 g/mol. The lowest BCUT2D eigenvalue weighted by Gasteiger charge is -1.88. The van der Waals surface area contributed by atoms with Crippen LogP contribution in [0.3, 0.4) is 0 Å². The third-order valence-electron chi connectivity index (χ3n) is 9.14. The van der Waals surface area contributed by atoms with Gasteiger partial charge in [-0.15, -0.1) is 113 Å². The zero-order valence-corrected chi connectivity index (χ0v) is 50.8. The van der Waals surface area contributed by atoms with Crippen LogP contribution in [0.5, 0.6) is 0 Å². The minimum absolute atomic E-state index is 1.42. The van der Waals surface area contributed by atoms with Gasteiger partial charge < -0.3 is 0 Å². The molecule has 0 fully saturated rings. The van der Waals surface area contributed by atoms with Gasteiger partial charge >= 0.3 is 0 Å². The Labute approximate surface area is 423 Å². The van der Waals surface area contributed by atoms with Crippen LogP contribution >= 0.6 is 113 Å². The van der Waals surface area contributed by atoms with Crippen LogP contribution in [0.2, 0.25) is 0 Å². The Balaban J connectivity index is 0.000000375. The van der Waals surface area contributed by atoms with Gasteiger partial charge in [-0.25, -0.2) is 0 Å². The molecule has 0 N–H and O–H groups in total. The molecule has 0 radical (unpaired) electrons. The maximum Gasteiger partial charge on any atom is 0.0873 e. The molecule has 10 rings (SSSR count). The fourth-order valence-electron chi connectivity index (χ4n) is 5.95. The molecule has 0 aliphatic carbocycles. The van der Waals surface area contributed by atoms with Gasteiger partial charge in [0.25, 0.3) is 0 Å². The van der Waals surface area contributed by atoms with E-state index in [-0.39, 0.29) is 0 Å². The van der Waals surface area contributed by atoms with Crippen LogP contribution in [0.1, 0.15) is 136 Å². The minimum atomic E-state index is 1.42. The molecule has 10 heterocycles. The predicted octanol–water partition coefficient (Wildman–Crippen LogP) is 24.0. The Kier molecular flexibility index (Phi) is 28.1. The lowest BCUT2D eigenvalue weighted by Crippen LogP contribution is -1.70. The highest BCUT2D eigenvalue weighted by Gasteiger charge is 2.09. The van der Waals surface area contributed by atoms with Gasteiger partial charge in [-0.1, -0.05) is 69.2 Å². The number of hydrogen-bond donors (Lipinski definition) is 0. The van der Waals surface area contributed by atoms with E-state index in [4.69, 9.17) is 0 Å². The lowest BCUT2D eigenvalue weighted by molar-refractivity contribution is 1.45. The molecular weight excluding hydrogens is 957 g/mol. The standard InChI is InChI=1S/3C9H10S2.2C8H8S2.5C2H6/c1-5-4-10-9-8(5)6(2)7(3)11-9;2*1-5-4-8-6(2)7(3)11-9(8)10-5;1-5-4-9-8-7(5)3-6(2)10-8;1-5-3-7-4-6(2)10-8(7)9-5;5*1-2/h3*4H,1-3H3;2*3-4H,1-2H3;5*1-2H3. The number of aryl methyl sites for hydroxylation is 13. The van der Waals surface area contributed by atoms with E-state index in [0.717, 1.165) is 0 Å². The zero-order valence-electron chi connectivity index (χ0n) is 42.6. The molecule has 0 spiro atoms. The van der Waals surface area contributed by atoms with Crippen LogP contribution in [-0.4, -0.2) is 0 Å². The Morgan fingerprint density at radius 3 is 0.984 bits per heavy atom. The van der Waals surface area contributed by atoms with Crippen molar-refractivity contribution >= 4 is 160 Å². The molecule has 10 aromatic heterocycles. The summed E-state index contributed by atoms with van der Waals surface area (Å²) in [5.41, 5.74) is 7.27. The molecule has 0 unspecified atom stereocenters. The van der Waals surface area contributed by atoms with Crippen LogP contribution in [0, 0.1) is 90.0 Å². The smallest absolute Gasteiger partial charge is 0.0873 e. The van der Waals surface area contributed by atoms with E-state index in [1.165, 1.54) is 114 Å². The van der Waals surface area contributed by atoms with Gasteiger partial charge in [0.2, 0.25) is 0 Å². The SMILES string of the molecule is CC.CC.CC.CC.CC.Cc1cc2c(C)c(C)sc2s1.Cc1cc2c(C)c(C)sc2s1.Cc1cc2c(C)csc2s1.Cc1cc2cc(C)sc2s1.Cc1sc2scc(C)c2c1C. The van der Waals surface area contributed by atoms with Gasteiger partial charge in [0.05, 0.1) is 20.1 Å². The summed E-state index contributed by atoms with van der Waals surface area (Å²) >= 11 is 19.0. The largest absolute Gasteiger partial charge is 0.133 e. The first-order valence-electron chi connectivity index (χ1n) is 22.4. The number of hydrogen-bond acceptors (Lipinski definition) is 10. The average molecular weight is 1030 g/mol. The Morgan fingerprint density at radius 2 is 0.603 bits per heavy atom. The highest BCUT2D eigenvalue weighted by atomic mass is 32.2. The minimum Gasteiger partial charge on any atom is -0.133 e. The zero-order chi connectivity index (χ0) is 48.3. The molecule has 0 saturated heterocycles. The Bertz CT molecular complexity index is 2630. The molecule has 0 atom stereocenters. The third-order valence-corrected chi connectivity index (χ3v) is 20.8. The molecule has 10 heteroatoms. The summed E-state index contributed by atoms with van der Waals surface area (Å²) in [6.45, 7) is 48.4. The van der Waals surface area contributed by atoms with Crippen LogP contribution < -0.4 is 0 Å².